The van der Waals surface area contributed by atoms with Crippen LogP contribution in [-0.4, -0.2) is 38.1 Å². The molecule has 0 N–H and O–H groups in total. The second-order valence-corrected chi connectivity index (χ2v) is 13.4. The number of hydrogen-bond acceptors (Lipinski definition) is 3. The first-order valence-corrected chi connectivity index (χ1v) is 19.7. The summed E-state index contributed by atoms with van der Waals surface area (Å²) in [5.41, 5.74) is 0. The van der Waals surface area contributed by atoms with Crippen molar-refractivity contribution in [2.45, 2.75) is 174 Å². The minimum Gasteiger partial charge on any atom is -0.465 e. The van der Waals surface area contributed by atoms with Gasteiger partial charge in [-0.05, 0) is 97.6 Å². The van der Waals surface area contributed by atoms with E-state index in [2.05, 4.69) is 93.6 Å². The van der Waals surface area contributed by atoms with E-state index >= 15 is 0 Å². The first-order valence-electron chi connectivity index (χ1n) is 19.7. The molecule has 3 heteroatoms. The minimum atomic E-state index is 0.0559. The zero-order chi connectivity index (χ0) is 33.6. The maximum atomic E-state index is 12.9. The molecule has 0 aliphatic carbocycles. The number of nitrogens with zero attached hydrogens (tertiary/aromatic N) is 1. The third-order valence-electron chi connectivity index (χ3n) is 8.53. The van der Waals surface area contributed by atoms with Crippen LogP contribution < -0.4 is 0 Å². The van der Waals surface area contributed by atoms with Gasteiger partial charge in [0.05, 0.1) is 12.5 Å². The Bertz CT molecular complexity index is 776. The van der Waals surface area contributed by atoms with Gasteiger partial charge in [-0.25, -0.2) is 0 Å². The Morgan fingerprint density at radius 2 is 0.935 bits per heavy atom. The molecule has 0 bridgehead atoms. The summed E-state index contributed by atoms with van der Waals surface area (Å²) >= 11 is 0. The van der Waals surface area contributed by atoms with Gasteiger partial charge in [-0.15, -0.1) is 0 Å². The van der Waals surface area contributed by atoms with Crippen LogP contribution in [0.2, 0.25) is 0 Å². The molecule has 0 spiro atoms. The van der Waals surface area contributed by atoms with Crippen molar-refractivity contribution in [3.05, 3.63) is 60.8 Å². The van der Waals surface area contributed by atoms with E-state index in [0.29, 0.717) is 6.61 Å². The molecule has 1 unspecified atom stereocenters. The van der Waals surface area contributed by atoms with Crippen molar-refractivity contribution in [2.75, 3.05) is 27.2 Å². The average molecular weight is 640 g/mol. The van der Waals surface area contributed by atoms with E-state index in [1.165, 1.54) is 103 Å². The van der Waals surface area contributed by atoms with Gasteiger partial charge < -0.3 is 9.64 Å². The van der Waals surface area contributed by atoms with E-state index < -0.39 is 0 Å². The van der Waals surface area contributed by atoms with Crippen LogP contribution in [0.3, 0.4) is 0 Å². The molecule has 0 saturated carbocycles. The number of carbonyl (C=O) groups excluding carboxylic acids is 1. The predicted octanol–water partition coefficient (Wildman–Crippen LogP) is 13.3. The number of hydrogen-bond donors (Lipinski definition) is 0. The monoisotopic (exact) mass is 640 g/mol. The lowest BCUT2D eigenvalue weighted by Gasteiger charge is -2.17. The highest BCUT2D eigenvalue weighted by molar-refractivity contribution is 5.72. The van der Waals surface area contributed by atoms with Crippen LogP contribution in [0.1, 0.15) is 174 Å². The third kappa shape index (κ3) is 35.0. The van der Waals surface area contributed by atoms with Gasteiger partial charge in [0.1, 0.15) is 0 Å². The Kier molecular flexibility index (Phi) is 36.1. The lowest BCUT2D eigenvalue weighted by Crippen LogP contribution is -2.21. The maximum Gasteiger partial charge on any atom is 0.308 e. The number of ether oxygens (including phenoxy) is 1. The summed E-state index contributed by atoms with van der Waals surface area (Å²) in [5, 5.41) is 0. The SMILES string of the molecule is CC/C=C\C/C=C\C/C=C\CCCCCCCCC(CCCCCCCC/C=C\C/C=C\CCCCC)C(=O)OCCCN(C)C. The molecule has 0 aromatic rings. The van der Waals surface area contributed by atoms with Crippen molar-refractivity contribution in [3.8, 4) is 0 Å². The Morgan fingerprint density at radius 1 is 0.522 bits per heavy atom. The fourth-order valence-electron chi connectivity index (χ4n) is 5.62. The summed E-state index contributed by atoms with van der Waals surface area (Å²) in [7, 11) is 4.14. The van der Waals surface area contributed by atoms with Gasteiger partial charge in [0, 0.05) is 6.54 Å². The van der Waals surface area contributed by atoms with Crippen molar-refractivity contribution in [1.82, 2.24) is 4.90 Å². The molecule has 0 aromatic carbocycles. The summed E-state index contributed by atoms with van der Waals surface area (Å²) in [4.78, 5) is 15.1. The number of carbonyl (C=O) groups is 1. The minimum absolute atomic E-state index is 0.0559. The Hall–Kier alpha value is -1.87. The van der Waals surface area contributed by atoms with Gasteiger partial charge in [-0.3, -0.25) is 4.79 Å². The number of allylic oxidation sites excluding steroid dienone is 10. The van der Waals surface area contributed by atoms with Crippen LogP contribution in [0.4, 0.5) is 0 Å². The van der Waals surface area contributed by atoms with Crippen molar-refractivity contribution >= 4 is 5.97 Å². The molecule has 0 rings (SSSR count). The molecule has 1 atom stereocenters. The van der Waals surface area contributed by atoms with Crippen molar-refractivity contribution in [3.63, 3.8) is 0 Å². The van der Waals surface area contributed by atoms with Gasteiger partial charge >= 0.3 is 5.97 Å². The van der Waals surface area contributed by atoms with Gasteiger partial charge in [0.2, 0.25) is 0 Å². The molecule has 3 nitrogen and oxygen atoms in total. The van der Waals surface area contributed by atoms with Gasteiger partial charge in [0.15, 0.2) is 0 Å². The standard InChI is InChI=1S/C43H77NO2/c1-5-7-9-11-13-15-17-19-21-23-25-27-29-31-33-35-38-42(43(45)46-41-37-40-44(3)4)39-36-34-32-30-28-26-24-22-20-18-16-14-12-10-8-6-2/h7,9,13-16,19-22,42H,5-6,8,10-12,17-18,23-41H2,1-4H3/b9-7-,15-13-,16-14-,21-19-,22-20-. The molecule has 0 saturated heterocycles. The topological polar surface area (TPSA) is 29.5 Å². The van der Waals surface area contributed by atoms with Gasteiger partial charge in [-0.1, -0.05) is 152 Å². The lowest BCUT2D eigenvalue weighted by atomic mass is 9.94. The largest absolute Gasteiger partial charge is 0.465 e. The molecule has 0 aliphatic heterocycles. The Labute approximate surface area is 288 Å². The van der Waals surface area contributed by atoms with Crippen LogP contribution in [0.15, 0.2) is 60.8 Å². The van der Waals surface area contributed by atoms with Crippen molar-refractivity contribution in [2.24, 2.45) is 5.92 Å². The molecule has 0 aromatic heterocycles. The normalized spacial score (nSPS) is 13.2. The summed E-state index contributed by atoms with van der Waals surface area (Å²) < 4.78 is 5.72. The molecule has 0 radical (unpaired) electrons. The second-order valence-electron chi connectivity index (χ2n) is 13.4. The first-order chi connectivity index (χ1) is 22.6. The van der Waals surface area contributed by atoms with Crippen LogP contribution >= 0.6 is 0 Å². The van der Waals surface area contributed by atoms with Gasteiger partial charge in [-0.2, -0.15) is 0 Å². The molecule has 46 heavy (non-hydrogen) atoms. The van der Waals surface area contributed by atoms with E-state index in [9.17, 15) is 4.79 Å². The van der Waals surface area contributed by atoms with Crippen LogP contribution in [0.25, 0.3) is 0 Å². The number of unbranched alkanes of at least 4 members (excludes halogenated alkanes) is 15. The highest BCUT2D eigenvalue weighted by Gasteiger charge is 2.19. The predicted molar refractivity (Wildman–Crippen MR) is 205 cm³/mol. The third-order valence-corrected chi connectivity index (χ3v) is 8.53. The van der Waals surface area contributed by atoms with Gasteiger partial charge in [0.25, 0.3) is 0 Å². The summed E-state index contributed by atoms with van der Waals surface area (Å²) in [6, 6.07) is 0. The van der Waals surface area contributed by atoms with E-state index in [1.54, 1.807) is 0 Å². The van der Waals surface area contributed by atoms with Crippen molar-refractivity contribution in [1.29, 1.82) is 0 Å². The summed E-state index contributed by atoms with van der Waals surface area (Å²) in [6.45, 7) is 5.95. The zero-order valence-corrected chi connectivity index (χ0v) is 31.2. The second kappa shape index (κ2) is 37.6. The zero-order valence-electron chi connectivity index (χ0n) is 31.2. The number of rotatable bonds is 34. The molecule has 0 fully saturated rings. The Morgan fingerprint density at radius 3 is 1.39 bits per heavy atom. The highest BCUT2D eigenvalue weighted by atomic mass is 16.5. The molecular weight excluding hydrogens is 562 g/mol. The highest BCUT2D eigenvalue weighted by Crippen LogP contribution is 2.21. The number of esters is 1. The van der Waals surface area contributed by atoms with Crippen LogP contribution in [0, 0.1) is 5.92 Å². The average Bonchev–Trinajstić information content (AvgIpc) is 3.05. The molecular formula is C43H77NO2. The fraction of sp³-hybridized carbons (Fsp3) is 0.744. The summed E-state index contributed by atoms with van der Waals surface area (Å²) in [5.74, 6) is 0.146. The summed E-state index contributed by atoms with van der Waals surface area (Å²) in [6.07, 6.45) is 53.0. The molecule has 0 aliphatic rings. The quantitative estimate of drug-likeness (QED) is 0.0398. The van der Waals surface area contributed by atoms with Crippen LogP contribution in [-0.2, 0) is 9.53 Å². The van der Waals surface area contributed by atoms with E-state index in [1.807, 2.05) is 0 Å². The van der Waals surface area contributed by atoms with Crippen molar-refractivity contribution < 1.29 is 9.53 Å². The van der Waals surface area contributed by atoms with E-state index in [4.69, 9.17) is 4.74 Å². The fourth-order valence-corrected chi connectivity index (χ4v) is 5.62. The molecule has 266 valence electrons. The molecule has 0 amide bonds. The Balaban J connectivity index is 4.04. The van der Waals surface area contributed by atoms with Crippen LogP contribution in [0.5, 0.6) is 0 Å². The lowest BCUT2D eigenvalue weighted by molar-refractivity contribution is -0.149. The van der Waals surface area contributed by atoms with E-state index in [-0.39, 0.29) is 11.9 Å². The smallest absolute Gasteiger partial charge is 0.308 e. The van der Waals surface area contributed by atoms with E-state index in [0.717, 1.165) is 64.3 Å². The molecule has 0 heterocycles. The maximum absolute atomic E-state index is 12.9. The first kappa shape index (κ1) is 44.1.